The average Bonchev–Trinajstić information content (AvgIpc) is 2.79. The van der Waals surface area contributed by atoms with Gasteiger partial charge in [-0.1, -0.05) is 6.92 Å². The second kappa shape index (κ2) is 7.65. The van der Waals surface area contributed by atoms with E-state index in [2.05, 4.69) is 20.7 Å². The summed E-state index contributed by atoms with van der Waals surface area (Å²) in [6.07, 6.45) is 0.373. The maximum atomic E-state index is 12.2. The van der Waals surface area contributed by atoms with Crippen molar-refractivity contribution >= 4 is 39.1 Å². The molecule has 0 aliphatic heterocycles. The van der Waals surface area contributed by atoms with E-state index in [4.69, 9.17) is 0 Å². The lowest BCUT2D eigenvalue weighted by Gasteiger charge is -2.23. The molecule has 106 valence electrons. The fourth-order valence-corrected chi connectivity index (χ4v) is 3.20. The molecule has 19 heavy (non-hydrogen) atoms. The third-order valence-corrected chi connectivity index (χ3v) is 4.41. The summed E-state index contributed by atoms with van der Waals surface area (Å²) in [6.45, 7) is 4.66. The van der Waals surface area contributed by atoms with E-state index in [0.717, 1.165) is 8.66 Å². The van der Waals surface area contributed by atoms with Gasteiger partial charge in [-0.05, 0) is 35.0 Å². The standard InChI is InChI=1S/C13H18BrNO3S/c1-4-15(8-9(2)13(17)18-3)12(16)7-10-5-6-11(14)19-10/h5-6,9H,4,7-8H2,1-3H3. The van der Waals surface area contributed by atoms with Crippen LogP contribution >= 0.6 is 27.3 Å². The first-order valence-electron chi connectivity index (χ1n) is 6.07. The van der Waals surface area contributed by atoms with E-state index in [9.17, 15) is 9.59 Å². The summed E-state index contributed by atoms with van der Waals surface area (Å²) in [5.74, 6) is -0.554. The lowest BCUT2D eigenvalue weighted by molar-refractivity contribution is -0.146. The van der Waals surface area contributed by atoms with Crippen molar-refractivity contribution in [3.05, 3.63) is 20.8 Å². The molecule has 1 heterocycles. The lowest BCUT2D eigenvalue weighted by Crippen LogP contribution is -2.37. The fraction of sp³-hybridized carbons (Fsp3) is 0.538. The number of rotatable bonds is 6. The van der Waals surface area contributed by atoms with Crippen molar-refractivity contribution in [2.24, 2.45) is 5.92 Å². The maximum absolute atomic E-state index is 12.2. The molecule has 4 nitrogen and oxygen atoms in total. The Balaban J connectivity index is 2.59. The van der Waals surface area contributed by atoms with Gasteiger partial charge in [-0.3, -0.25) is 9.59 Å². The maximum Gasteiger partial charge on any atom is 0.310 e. The average molecular weight is 348 g/mol. The Morgan fingerprint density at radius 2 is 2.16 bits per heavy atom. The summed E-state index contributed by atoms with van der Waals surface area (Å²) in [4.78, 5) is 26.3. The summed E-state index contributed by atoms with van der Waals surface area (Å²) in [5, 5.41) is 0. The molecule has 0 aliphatic carbocycles. The summed E-state index contributed by atoms with van der Waals surface area (Å²) in [7, 11) is 1.36. The Morgan fingerprint density at radius 3 is 2.63 bits per heavy atom. The highest BCUT2D eigenvalue weighted by Crippen LogP contribution is 2.22. The van der Waals surface area contributed by atoms with Crippen LogP contribution in [0.4, 0.5) is 0 Å². The molecule has 1 rings (SSSR count). The van der Waals surface area contributed by atoms with Crippen molar-refractivity contribution in [2.75, 3.05) is 20.2 Å². The van der Waals surface area contributed by atoms with Crippen LogP contribution in [0.15, 0.2) is 15.9 Å². The predicted molar refractivity (Wildman–Crippen MR) is 79.2 cm³/mol. The van der Waals surface area contributed by atoms with Crippen LogP contribution in [-0.2, 0) is 20.7 Å². The highest BCUT2D eigenvalue weighted by molar-refractivity contribution is 9.11. The van der Waals surface area contributed by atoms with Gasteiger partial charge in [0.2, 0.25) is 5.91 Å². The van der Waals surface area contributed by atoms with Crippen LogP contribution in [0, 0.1) is 5.92 Å². The van der Waals surface area contributed by atoms with Crippen LogP contribution in [-0.4, -0.2) is 37.0 Å². The van der Waals surface area contributed by atoms with E-state index in [1.54, 1.807) is 23.2 Å². The van der Waals surface area contributed by atoms with E-state index in [1.807, 2.05) is 19.1 Å². The number of likely N-dealkylation sites (N-methyl/N-ethyl adjacent to an activating group) is 1. The Labute approximate surface area is 125 Å². The third-order valence-electron chi connectivity index (χ3n) is 2.79. The van der Waals surface area contributed by atoms with Gasteiger partial charge in [0.15, 0.2) is 0 Å². The van der Waals surface area contributed by atoms with Gasteiger partial charge >= 0.3 is 5.97 Å². The molecule has 0 aliphatic rings. The quantitative estimate of drug-likeness (QED) is 0.743. The van der Waals surface area contributed by atoms with Gasteiger partial charge in [-0.25, -0.2) is 0 Å². The number of thiophene rings is 1. The molecule has 0 radical (unpaired) electrons. The fourth-order valence-electron chi connectivity index (χ4n) is 1.72. The van der Waals surface area contributed by atoms with E-state index in [1.165, 1.54) is 7.11 Å². The van der Waals surface area contributed by atoms with Gasteiger partial charge in [0, 0.05) is 18.0 Å². The number of halogens is 1. The van der Waals surface area contributed by atoms with Crippen molar-refractivity contribution in [2.45, 2.75) is 20.3 Å². The number of amides is 1. The molecule has 1 atom stereocenters. The summed E-state index contributed by atoms with van der Waals surface area (Å²) >= 11 is 4.93. The molecule has 0 aromatic carbocycles. The molecule has 0 spiro atoms. The molecule has 0 bridgehead atoms. The van der Waals surface area contributed by atoms with Crippen LogP contribution in [0.5, 0.6) is 0 Å². The van der Waals surface area contributed by atoms with Crippen LogP contribution in [0.1, 0.15) is 18.7 Å². The van der Waals surface area contributed by atoms with Crippen LogP contribution in [0.25, 0.3) is 0 Å². The molecule has 0 N–H and O–H groups in total. The molecule has 6 heteroatoms. The zero-order valence-electron chi connectivity index (χ0n) is 11.3. The highest BCUT2D eigenvalue weighted by Gasteiger charge is 2.20. The van der Waals surface area contributed by atoms with E-state index in [0.29, 0.717) is 19.5 Å². The van der Waals surface area contributed by atoms with Crippen molar-refractivity contribution in [3.8, 4) is 0 Å². The Kier molecular flexibility index (Phi) is 6.51. The minimum Gasteiger partial charge on any atom is -0.469 e. The summed E-state index contributed by atoms with van der Waals surface area (Å²) in [6, 6.07) is 3.87. The Bertz CT molecular complexity index is 447. The monoisotopic (exact) mass is 347 g/mol. The molecule has 1 amide bonds. The van der Waals surface area contributed by atoms with Crippen LogP contribution in [0.3, 0.4) is 0 Å². The number of ether oxygens (including phenoxy) is 1. The van der Waals surface area contributed by atoms with Gasteiger partial charge in [-0.2, -0.15) is 0 Å². The van der Waals surface area contributed by atoms with Crippen molar-refractivity contribution in [3.63, 3.8) is 0 Å². The topological polar surface area (TPSA) is 46.6 Å². The second-order valence-electron chi connectivity index (χ2n) is 4.24. The zero-order chi connectivity index (χ0) is 14.4. The largest absolute Gasteiger partial charge is 0.469 e. The number of carbonyl (C=O) groups is 2. The van der Waals surface area contributed by atoms with Crippen LogP contribution in [0.2, 0.25) is 0 Å². The number of hydrogen-bond donors (Lipinski definition) is 0. The summed E-state index contributed by atoms with van der Waals surface area (Å²) in [5.41, 5.74) is 0. The first-order chi connectivity index (χ1) is 8.97. The first kappa shape index (κ1) is 16.2. The van der Waals surface area contributed by atoms with Gasteiger partial charge in [0.25, 0.3) is 0 Å². The molecule has 0 fully saturated rings. The number of esters is 1. The summed E-state index contributed by atoms with van der Waals surface area (Å²) < 4.78 is 5.69. The third kappa shape index (κ3) is 4.95. The van der Waals surface area contributed by atoms with Crippen molar-refractivity contribution in [1.29, 1.82) is 0 Å². The molecular formula is C13H18BrNO3S. The van der Waals surface area contributed by atoms with E-state index >= 15 is 0 Å². The smallest absolute Gasteiger partial charge is 0.310 e. The minimum absolute atomic E-state index is 0.0348. The van der Waals surface area contributed by atoms with Gasteiger partial charge < -0.3 is 9.64 Å². The Hall–Kier alpha value is -0.880. The molecule has 1 unspecified atom stereocenters. The number of methoxy groups -OCH3 is 1. The predicted octanol–water partition coefficient (Wildman–Crippen LogP) is 2.71. The minimum atomic E-state index is -0.302. The van der Waals surface area contributed by atoms with E-state index in [-0.39, 0.29) is 17.8 Å². The lowest BCUT2D eigenvalue weighted by atomic mass is 10.1. The SMILES string of the molecule is CCN(CC(C)C(=O)OC)C(=O)Cc1ccc(Br)s1. The van der Waals surface area contributed by atoms with Crippen LogP contribution < -0.4 is 0 Å². The van der Waals surface area contributed by atoms with E-state index < -0.39 is 0 Å². The highest BCUT2D eigenvalue weighted by atomic mass is 79.9. The number of carbonyl (C=O) groups excluding carboxylic acids is 2. The normalized spacial score (nSPS) is 12.0. The zero-order valence-corrected chi connectivity index (χ0v) is 13.7. The van der Waals surface area contributed by atoms with Gasteiger partial charge in [-0.15, -0.1) is 11.3 Å². The van der Waals surface area contributed by atoms with Gasteiger partial charge in [0.05, 0.1) is 23.2 Å². The molecule has 1 aromatic heterocycles. The molecule has 0 saturated heterocycles. The van der Waals surface area contributed by atoms with Gasteiger partial charge in [0.1, 0.15) is 0 Å². The second-order valence-corrected chi connectivity index (χ2v) is 6.79. The van der Waals surface area contributed by atoms with Crippen molar-refractivity contribution < 1.29 is 14.3 Å². The molecule has 0 saturated carbocycles. The Morgan fingerprint density at radius 1 is 1.47 bits per heavy atom. The molecular weight excluding hydrogens is 330 g/mol. The van der Waals surface area contributed by atoms with Crippen molar-refractivity contribution in [1.82, 2.24) is 4.90 Å². The first-order valence-corrected chi connectivity index (χ1v) is 7.68. The number of nitrogens with zero attached hydrogens (tertiary/aromatic N) is 1. The molecule has 1 aromatic rings. The number of hydrogen-bond acceptors (Lipinski definition) is 4.